The highest BCUT2D eigenvalue weighted by atomic mass is 32.2. The molecule has 174 valence electrons. The molecule has 0 atom stereocenters. The van der Waals surface area contributed by atoms with Crippen LogP contribution in [0.5, 0.6) is 5.75 Å². The van der Waals surface area contributed by atoms with Crippen molar-refractivity contribution >= 4 is 27.7 Å². The Labute approximate surface area is 196 Å². The molecule has 0 N–H and O–H groups in total. The van der Waals surface area contributed by atoms with Crippen molar-refractivity contribution in [2.45, 2.75) is 10.9 Å². The van der Waals surface area contributed by atoms with Crippen molar-refractivity contribution in [2.24, 2.45) is 0 Å². The Morgan fingerprint density at radius 2 is 1.73 bits per heavy atom. The topological polar surface area (TPSA) is 111 Å². The monoisotopic (exact) mass is 488 g/mol. The van der Waals surface area contributed by atoms with Crippen LogP contribution >= 0.6 is 11.8 Å². The van der Waals surface area contributed by atoms with Crippen LogP contribution < -0.4 is 4.74 Å². The van der Waals surface area contributed by atoms with E-state index in [-0.39, 0.29) is 30.5 Å². The van der Waals surface area contributed by atoms with Gasteiger partial charge in [-0.3, -0.25) is 4.79 Å². The zero-order chi connectivity index (χ0) is 23.3. The van der Waals surface area contributed by atoms with E-state index in [4.69, 9.17) is 4.74 Å². The van der Waals surface area contributed by atoms with Crippen molar-refractivity contribution in [3.63, 3.8) is 0 Å². The van der Waals surface area contributed by atoms with Crippen molar-refractivity contribution in [2.75, 3.05) is 39.0 Å². The molecule has 0 bridgehead atoms. The van der Waals surface area contributed by atoms with E-state index in [0.717, 1.165) is 17.0 Å². The first-order valence-corrected chi connectivity index (χ1v) is 12.9. The maximum absolute atomic E-state index is 12.7. The number of carbonyl (C=O) groups excluding carboxylic acids is 1. The van der Waals surface area contributed by atoms with Gasteiger partial charge in [0.2, 0.25) is 21.1 Å². The molecule has 1 aliphatic heterocycles. The zero-order valence-corrected chi connectivity index (χ0v) is 19.7. The number of ether oxygens (including phenoxy) is 1. The lowest BCUT2D eigenvalue weighted by Crippen LogP contribution is -2.51. The number of aromatic nitrogens is 4. The van der Waals surface area contributed by atoms with Gasteiger partial charge in [-0.15, -0.1) is 5.10 Å². The number of methoxy groups -OCH3 is 1. The maximum atomic E-state index is 12.7. The summed E-state index contributed by atoms with van der Waals surface area (Å²) in [4.78, 5) is 14.4. The molecule has 2 aromatic carbocycles. The quantitative estimate of drug-likeness (QED) is 0.438. The number of rotatable bonds is 8. The molecule has 0 aliphatic carbocycles. The van der Waals surface area contributed by atoms with Crippen LogP contribution in [0.25, 0.3) is 5.69 Å². The molecular formula is C21H24N6O4S2. The molecule has 12 heteroatoms. The summed E-state index contributed by atoms with van der Waals surface area (Å²) in [5, 5.41) is 12.2. The number of hydrogen-bond donors (Lipinski definition) is 0. The van der Waals surface area contributed by atoms with Gasteiger partial charge in [0.15, 0.2) is 0 Å². The molecule has 0 saturated carbocycles. The molecule has 1 aromatic heterocycles. The standard InChI is InChI=1S/C21H24N6O4S2/c1-31-19-9-7-18(8-10-19)27-21(22-23-24-27)32-15-20(28)25-11-13-26(14-12-25)33(29,30)16-17-5-3-2-4-6-17/h2-10H,11-16H2,1H3. The van der Waals surface area contributed by atoms with Crippen molar-refractivity contribution < 1.29 is 17.9 Å². The number of piperazine rings is 1. The van der Waals surface area contributed by atoms with Crippen LogP contribution in [-0.2, 0) is 20.6 Å². The first-order chi connectivity index (χ1) is 16.0. The van der Waals surface area contributed by atoms with E-state index in [0.29, 0.717) is 18.2 Å². The Kier molecular flexibility index (Phi) is 7.26. The summed E-state index contributed by atoms with van der Waals surface area (Å²) >= 11 is 1.24. The summed E-state index contributed by atoms with van der Waals surface area (Å²) in [5.74, 6) is 0.768. The van der Waals surface area contributed by atoms with Crippen LogP contribution in [0.3, 0.4) is 0 Å². The highest BCUT2D eigenvalue weighted by Crippen LogP contribution is 2.21. The molecule has 0 radical (unpaired) electrons. The predicted octanol–water partition coefficient (Wildman–Crippen LogP) is 1.44. The van der Waals surface area contributed by atoms with Gasteiger partial charge >= 0.3 is 0 Å². The summed E-state index contributed by atoms with van der Waals surface area (Å²) in [5.41, 5.74) is 1.51. The predicted molar refractivity (Wildman–Crippen MR) is 124 cm³/mol. The van der Waals surface area contributed by atoms with Crippen LogP contribution in [0, 0.1) is 0 Å². The number of hydrogen-bond acceptors (Lipinski definition) is 8. The van der Waals surface area contributed by atoms with Crippen molar-refractivity contribution in [3.05, 3.63) is 60.2 Å². The van der Waals surface area contributed by atoms with Crippen LogP contribution in [-0.4, -0.2) is 82.8 Å². The number of thioether (sulfide) groups is 1. The highest BCUT2D eigenvalue weighted by Gasteiger charge is 2.29. The summed E-state index contributed by atoms with van der Waals surface area (Å²) in [6, 6.07) is 16.4. The second-order valence-corrected chi connectivity index (χ2v) is 10.3. The number of amides is 1. The lowest BCUT2D eigenvalue weighted by atomic mass is 10.2. The fraction of sp³-hybridized carbons (Fsp3) is 0.333. The fourth-order valence-electron chi connectivity index (χ4n) is 3.46. The van der Waals surface area contributed by atoms with Gasteiger partial charge in [-0.25, -0.2) is 8.42 Å². The van der Waals surface area contributed by atoms with Crippen molar-refractivity contribution in [1.82, 2.24) is 29.4 Å². The third kappa shape index (κ3) is 5.70. The summed E-state index contributed by atoms with van der Waals surface area (Å²) in [6.45, 7) is 1.29. The number of carbonyl (C=O) groups is 1. The van der Waals surface area contributed by atoms with Gasteiger partial charge in [-0.2, -0.15) is 8.99 Å². The van der Waals surface area contributed by atoms with E-state index in [1.54, 1.807) is 28.8 Å². The summed E-state index contributed by atoms with van der Waals surface area (Å²) in [6.07, 6.45) is 0. The minimum atomic E-state index is -3.42. The smallest absolute Gasteiger partial charge is 0.233 e. The number of sulfonamides is 1. The van der Waals surface area contributed by atoms with Gasteiger partial charge < -0.3 is 9.64 Å². The summed E-state index contributed by atoms with van der Waals surface area (Å²) in [7, 11) is -1.83. The molecule has 2 heterocycles. The molecule has 1 aliphatic rings. The van der Waals surface area contributed by atoms with Gasteiger partial charge in [0, 0.05) is 26.2 Å². The third-order valence-corrected chi connectivity index (χ3v) is 8.01. The Morgan fingerprint density at radius 3 is 2.39 bits per heavy atom. The van der Waals surface area contributed by atoms with E-state index >= 15 is 0 Å². The van der Waals surface area contributed by atoms with Gasteiger partial charge in [-0.05, 0) is 40.3 Å². The average Bonchev–Trinajstić information content (AvgIpc) is 3.32. The Hall–Kier alpha value is -2.96. The fourth-order valence-corrected chi connectivity index (χ4v) is 5.77. The molecule has 33 heavy (non-hydrogen) atoms. The molecular weight excluding hydrogens is 464 g/mol. The Morgan fingerprint density at radius 1 is 1.03 bits per heavy atom. The van der Waals surface area contributed by atoms with Gasteiger partial charge in [0.05, 0.1) is 24.3 Å². The second kappa shape index (κ2) is 10.3. The van der Waals surface area contributed by atoms with Crippen molar-refractivity contribution in [1.29, 1.82) is 0 Å². The number of nitrogens with zero attached hydrogens (tertiary/aromatic N) is 6. The van der Waals surface area contributed by atoms with Crippen molar-refractivity contribution in [3.8, 4) is 11.4 Å². The SMILES string of the molecule is COc1ccc(-n2nnnc2SCC(=O)N2CCN(S(=O)(=O)Cc3ccccc3)CC2)cc1. The number of tetrazole rings is 1. The normalized spacial score (nSPS) is 14.9. The van der Waals surface area contributed by atoms with Crippen LogP contribution in [0.4, 0.5) is 0 Å². The average molecular weight is 489 g/mol. The Balaban J connectivity index is 1.30. The lowest BCUT2D eigenvalue weighted by Gasteiger charge is -2.34. The third-order valence-electron chi connectivity index (χ3n) is 5.26. The van der Waals surface area contributed by atoms with Crippen LogP contribution in [0.1, 0.15) is 5.56 Å². The van der Waals surface area contributed by atoms with E-state index in [9.17, 15) is 13.2 Å². The van der Waals surface area contributed by atoms with E-state index in [1.165, 1.54) is 16.1 Å². The Bertz CT molecular complexity index is 1180. The van der Waals surface area contributed by atoms with E-state index in [2.05, 4.69) is 15.5 Å². The first-order valence-electron chi connectivity index (χ1n) is 10.3. The molecule has 3 aromatic rings. The molecule has 0 spiro atoms. The minimum Gasteiger partial charge on any atom is -0.497 e. The number of benzene rings is 2. The molecule has 1 fully saturated rings. The van der Waals surface area contributed by atoms with Gasteiger partial charge in [-0.1, -0.05) is 42.1 Å². The summed E-state index contributed by atoms with van der Waals surface area (Å²) < 4.78 is 33.6. The van der Waals surface area contributed by atoms with Crippen LogP contribution in [0.15, 0.2) is 59.8 Å². The lowest BCUT2D eigenvalue weighted by molar-refractivity contribution is -0.129. The molecule has 1 amide bonds. The van der Waals surface area contributed by atoms with Crippen LogP contribution in [0.2, 0.25) is 0 Å². The molecule has 10 nitrogen and oxygen atoms in total. The molecule has 0 unspecified atom stereocenters. The maximum Gasteiger partial charge on any atom is 0.233 e. The molecule has 4 rings (SSSR count). The highest BCUT2D eigenvalue weighted by molar-refractivity contribution is 7.99. The van der Waals surface area contributed by atoms with E-state index in [1.807, 2.05) is 42.5 Å². The van der Waals surface area contributed by atoms with E-state index < -0.39 is 10.0 Å². The second-order valence-electron chi connectivity index (χ2n) is 7.38. The van der Waals surface area contributed by atoms with Gasteiger partial charge in [0.25, 0.3) is 0 Å². The van der Waals surface area contributed by atoms with Gasteiger partial charge in [0.1, 0.15) is 5.75 Å². The first kappa shape index (κ1) is 23.2. The largest absolute Gasteiger partial charge is 0.497 e. The minimum absolute atomic E-state index is 0.0361. The zero-order valence-electron chi connectivity index (χ0n) is 18.1. The molecule has 1 saturated heterocycles.